The third-order valence-corrected chi connectivity index (χ3v) is 4.92. The van der Waals surface area contributed by atoms with Gasteiger partial charge in [-0.1, -0.05) is 24.3 Å². The molecule has 2 rings (SSSR count). The first kappa shape index (κ1) is 20.5. The first-order chi connectivity index (χ1) is 12.7. The summed E-state index contributed by atoms with van der Waals surface area (Å²) in [5.74, 6) is -4.21. The first-order valence-electron chi connectivity index (χ1n) is 7.63. The van der Waals surface area contributed by atoms with Gasteiger partial charge in [-0.15, -0.1) is 0 Å². The fourth-order valence-corrected chi connectivity index (χ4v) is 3.15. The molecule has 0 aliphatic heterocycles. The highest BCUT2D eigenvalue weighted by atomic mass is 32.2. The van der Waals surface area contributed by atoms with Crippen LogP contribution >= 0.6 is 0 Å². The number of para-hydroxylation sites is 1. The topological polar surface area (TPSA) is 92.8 Å². The van der Waals surface area contributed by atoms with E-state index >= 15 is 0 Å². The van der Waals surface area contributed by atoms with Crippen LogP contribution in [-0.4, -0.2) is 40.5 Å². The summed E-state index contributed by atoms with van der Waals surface area (Å²) in [4.78, 5) is 23.7. The van der Waals surface area contributed by atoms with Crippen LogP contribution in [0.3, 0.4) is 0 Å². The van der Waals surface area contributed by atoms with Crippen LogP contribution in [0.5, 0.6) is 0 Å². The van der Waals surface area contributed by atoms with Crippen LogP contribution in [0.1, 0.15) is 0 Å². The normalized spacial score (nSPS) is 11.1. The minimum absolute atomic E-state index is 0.544. The highest BCUT2D eigenvalue weighted by Gasteiger charge is 2.24. The minimum atomic E-state index is -4.61. The molecule has 7 nitrogen and oxygen atoms in total. The fourth-order valence-electron chi connectivity index (χ4n) is 2.05. The Morgan fingerprint density at radius 3 is 2.22 bits per heavy atom. The Balaban J connectivity index is 1.90. The van der Waals surface area contributed by atoms with Gasteiger partial charge in [0.2, 0.25) is 10.0 Å². The van der Waals surface area contributed by atoms with E-state index in [-0.39, 0.29) is 0 Å². The Hall–Kier alpha value is -2.85. The van der Waals surface area contributed by atoms with Crippen molar-refractivity contribution in [3.63, 3.8) is 0 Å². The van der Waals surface area contributed by atoms with Gasteiger partial charge >= 0.3 is 5.97 Å². The van der Waals surface area contributed by atoms with Crippen LogP contribution in [0.2, 0.25) is 0 Å². The number of nitrogens with zero attached hydrogens (tertiary/aromatic N) is 1. The van der Waals surface area contributed by atoms with Crippen molar-refractivity contribution in [2.75, 3.05) is 25.1 Å². The zero-order valence-electron chi connectivity index (χ0n) is 14.2. The molecule has 27 heavy (non-hydrogen) atoms. The molecule has 144 valence electrons. The lowest BCUT2D eigenvalue weighted by atomic mass is 10.3. The maximum absolute atomic E-state index is 13.5. The lowest BCUT2D eigenvalue weighted by Gasteiger charge is -2.17. The van der Waals surface area contributed by atoms with Crippen molar-refractivity contribution in [3.05, 3.63) is 60.2 Å². The number of likely N-dealkylation sites (N-methyl/N-ethyl adjacent to an activating group) is 1. The zero-order valence-corrected chi connectivity index (χ0v) is 15.0. The van der Waals surface area contributed by atoms with E-state index in [2.05, 4.69) is 0 Å². The monoisotopic (exact) mass is 398 g/mol. The third-order valence-electron chi connectivity index (χ3n) is 3.47. The van der Waals surface area contributed by atoms with Gasteiger partial charge in [0.25, 0.3) is 5.91 Å². The summed E-state index contributed by atoms with van der Waals surface area (Å²) < 4.78 is 57.4. The summed E-state index contributed by atoms with van der Waals surface area (Å²) in [5.41, 5.74) is 0.578. The number of halogens is 2. The van der Waals surface area contributed by atoms with Gasteiger partial charge in [0, 0.05) is 12.7 Å². The Kier molecular flexibility index (Phi) is 6.59. The average Bonchev–Trinajstić information content (AvgIpc) is 2.64. The number of nitrogens with one attached hydrogen (secondary N) is 1. The van der Waals surface area contributed by atoms with Gasteiger partial charge in [0.15, 0.2) is 11.5 Å². The Bertz CT molecular complexity index is 915. The SMILES string of the molecule is CN(C(=O)COC(=O)CNS(=O)(=O)c1c(F)cccc1F)c1ccccc1. The van der Waals surface area contributed by atoms with E-state index in [1.165, 1.54) is 11.9 Å². The van der Waals surface area contributed by atoms with E-state index in [0.717, 1.165) is 18.2 Å². The first-order valence-corrected chi connectivity index (χ1v) is 9.11. The van der Waals surface area contributed by atoms with Gasteiger partial charge < -0.3 is 9.64 Å². The summed E-state index contributed by atoms with van der Waals surface area (Å²) in [7, 11) is -3.13. The molecule has 10 heteroatoms. The number of carbonyl (C=O) groups is 2. The van der Waals surface area contributed by atoms with Crippen LogP contribution in [0.4, 0.5) is 14.5 Å². The van der Waals surface area contributed by atoms with Gasteiger partial charge in [-0.25, -0.2) is 17.2 Å². The molecular formula is C17H16F2N2O5S. The van der Waals surface area contributed by atoms with E-state index in [1.807, 2.05) is 0 Å². The van der Waals surface area contributed by atoms with Gasteiger partial charge in [-0.05, 0) is 24.3 Å². The quantitative estimate of drug-likeness (QED) is 0.713. The van der Waals surface area contributed by atoms with Crippen LogP contribution < -0.4 is 9.62 Å². The molecule has 0 unspecified atom stereocenters. The molecular weight excluding hydrogens is 382 g/mol. The molecule has 0 radical (unpaired) electrons. The second-order valence-electron chi connectivity index (χ2n) is 5.32. The molecule has 2 aromatic carbocycles. The lowest BCUT2D eigenvalue weighted by Crippen LogP contribution is -2.35. The summed E-state index contributed by atoms with van der Waals surface area (Å²) in [6.07, 6.45) is 0. The van der Waals surface area contributed by atoms with Gasteiger partial charge in [0.05, 0.1) is 0 Å². The highest BCUT2D eigenvalue weighted by Crippen LogP contribution is 2.17. The third kappa shape index (κ3) is 5.31. The predicted octanol–water partition coefficient (Wildman–Crippen LogP) is 1.45. The Morgan fingerprint density at radius 2 is 1.63 bits per heavy atom. The van der Waals surface area contributed by atoms with Crippen LogP contribution in [0.25, 0.3) is 0 Å². The van der Waals surface area contributed by atoms with Crippen molar-refractivity contribution >= 4 is 27.6 Å². The molecule has 0 aliphatic carbocycles. The Labute approximate surface area is 154 Å². The second kappa shape index (κ2) is 8.69. The Morgan fingerprint density at radius 1 is 1.04 bits per heavy atom. The number of rotatable bonds is 7. The van der Waals surface area contributed by atoms with Crippen LogP contribution in [0.15, 0.2) is 53.4 Å². The molecule has 2 aromatic rings. The summed E-state index contributed by atoms with van der Waals surface area (Å²) in [6.45, 7) is -1.52. The smallest absolute Gasteiger partial charge is 0.321 e. The van der Waals surface area contributed by atoms with E-state index in [1.54, 1.807) is 35.1 Å². The fraction of sp³-hybridized carbons (Fsp3) is 0.176. The molecule has 0 saturated carbocycles. The molecule has 0 bridgehead atoms. The van der Waals surface area contributed by atoms with E-state index in [0.29, 0.717) is 5.69 Å². The average molecular weight is 398 g/mol. The van der Waals surface area contributed by atoms with Crippen molar-refractivity contribution in [1.29, 1.82) is 0 Å². The standard InChI is InChI=1S/C17H16F2N2O5S/c1-21(12-6-3-2-4-7-12)15(22)11-26-16(23)10-20-27(24,25)17-13(18)8-5-9-14(17)19/h2-9,20H,10-11H2,1H3. The molecule has 0 aromatic heterocycles. The molecule has 0 atom stereocenters. The van der Waals surface area contributed by atoms with Crippen molar-refractivity contribution in [3.8, 4) is 0 Å². The van der Waals surface area contributed by atoms with Gasteiger partial charge in [-0.3, -0.25) is 9.59 Å². The summed E-state index contributed by atoms with van der Waals surface area (Å²) >= 11 is 0. The molecule has 0 spiro atoms. The molecule has 0 aliphatic rings. The second-order valence-corrected chi connectivity index (χ2v) is 7.03. The number of hydrogen-bond donors (Lipinski definition) is 1. The number of carbonyl (C=O) groups excluding carboxylic acids is 2. The van der Waals surface area contributed by atoms with E-state index in [9.17, 15) is 26.8 Å². The number of ether oxygens (including phenoxy) is 1. The zero-order chi connectivity index (χ0) is 20.0. The molecule has 0 fully saturated rings. The van der Waals surface area contributed by atoms with Gasteiger partial charge in [0.1, 0.15) is 18.2 Å². The number of sulfonamides is 1. The molecule has 1 amide bonds. The number of anilines is 1. The van der Waals surface area contributed by atoms with Crippen molar-refractivity contribution < 1.29 is 31.5 Å². The molecule has 1 N–H and O–H groups in total. The lowest BCUT2D eigenvalue weighted by molar-refractivity contribution is -0.146. The molecule has 0 heterocycles. The maximum atomic E-state index is 13.5. The van der Waals surface area contributed by atoms with Gasteiger partial charge in [-0.2, -0.15) is 4.72 Å². The number of benzene rings is 2. The number of esters is 1. The maximum Gasteiger partial charge on any atom is 0.321 e. The largest absolute Gasteiger partial charge is 0.455 e. The highest BCUT2D eigenvalue weighted by molar-refractivity contribution is 7.89. The van der Waals surface area contributed by atoms with Crippen molar-refractivity contribution in [2.45, 2.75) is 4.90 Å². The number of amides is 1. The van der Waals surface area contributed by atoms with Crippen LogP contribution in [0, 0.1) is 11.6 Å². The van der Waals surface area contributed by atoms with E-state index in [4.69, 9.17) is 4.74 Å². The predicted molar refractivity (Wildman–Crippen MR) is 92.4 cm³/mol. The summed E-state index contributed by atoms with van der Waals surface area (Å²) in [6, 6.07) is 11.1. The minimum Gasteiger partial charge on any atom is -0.455 e. The van der Waals surface area contributed by atoms with Crippen molar-refractivity contribution in [1.82, 2.24) is 4.72 Å². The van der Waals surface area contributed by atoms with Crippen LogP contribution in [-0.2, 0) is 24.3 Å². The molecule has 0 saturated heterocycles. The summed E-state index contributed by atoms with van der Waals surface area (Å²) in [5, 5.41) is 0. The van der Waals surface area contributed by atoms with Crippen molar-refractivity contribution in [2.24, 2.45) is 0 Å². The van der Waals surface area contributed by atoms with E-state index < -0.39 is 51.6 Å². The number of hydrogen-bond acceptors (Lipinski definition) is 5.